The highest BCUT2D eigenvalue weighted by Crippen LogP contribution is 2.41. The maximum Gasteiger partial charge on any atom is 0.417 e. The Labute approximate surface area is 228 Å². The molecule has 2 rings (SSSR count). The molecule has 2 aromatic carbocycles. The van der Waals surface area contributed by atoms with Crippen molar-refractivity contribution in [3.63, 3.8) is 0 Å². The first-order valence-electron chi connectivity index (χ1n) is 10.7. The summed E-state index contributed by atoms with van der Waals surface area (Å²) in [7, 11) is 0. The molecule has 2 aromatic rings. The molecule has 214 valence electrons. The number of Topliss-reactive ketones (excluding diaryl/α,β-unsaturated/α-hetero) is 1. The Kier molecular flexibility index (Phi) is 10.3. The molecular formula is C24H17BrClF10NO2. The number of amides is 1. The van der Waals surface area contributed by atoms with Gasteiger partial charge in [0.25, 0.3) is 0 Å². The van der Waals surface area contributed by atoms with E-state index in [1.54, 1.807) is 0 Å². The summed E-state index contributed by atoms with van der Waals surface area (Å²) in [5, 5.41) is 1.37. The van der Waals surface area contributed by atoms with Crippen LogP contribution in [0.2, 0.25) is 5.02 Å². The first-order chi connectivity index (χ1) is 17.7. The summed E-state index contributed by atoms with van der Waals surface area (Å²) >= 11 is 8.81. The Morgan fingerprint density at radius 2 is 1.62 bits per heavy atom. The van der Waals surface area contributed by atoms with Crippen molar-refractivity contribution in [2.45, 2.75) is 37.8 Å². The first-order valence-corrected chi connectivity index (χ1v) is 11.9. The second-order valence-corrected chi connectivity index (χ2v) is 9.59. The van der Waals surface area contributed by atoms with E-state index in [1.807, 2.05) is 0 Å². The summed E-state index contributed by atoms with van der Waals surface area (Å²) in [6.07, 6.45) is -16.0. The fourth-order valence-corrected chi connectivity index (χ4v) is 3.78. The third-order valence-electron chi connectivity index (χ3n) is 5.27. The molecule has 1 amide bonds. The van der Waals surface area contributed by atoms with Crippen molar-refractivity contribution in [3.05, 3.63) is 74.2 Å². The van der Waals surface area contributed by atoms with E-state index in [0.717, 1.165) is 19.1 Å². The van der Waals surface area contributed by atoms with Crippen LogP contribution < -0.4 is 5.32 Å². The van der Waals surface area contributed by atoms with Crippen LogP contribution in [0.3, 0.4) is 0 Å². The molecule has 0 saturated carbocycles. The minimum absolute atomic E-state index is 0.0591. The minimum Gasteiger partial charge on any atom is -0.347 e. The zero-order chi connectivity index (χ0) is 29.9. The number of alkyl halides is 9. The highest BCUT2D eigenvalue weighted by molar-refractivity contribution is 9.10. The molecule has 0 spiro atoms. The maximum atomic E-state index is 14.9. The lowest BCUT2D eigenvalue weighted by Crippen LogP contribution is -2.37. The van der Waals surface area contributed by atoms with E-state index in [4.69, 9.17) is 11.6 Å². The van der Waals surface area contributed by atoms with Gasteiger partial charge in [-0.1, -0.05) is 36.7 Å². The number of carbonyl (C=O) groups is 2. The Morgan fingerprint density at radius 1 is 1.00 bits per heavy atom. The average molecular weight is 657 g/mol. The molecule has 2 atom stereocenters. The topological polar surface area (TPSA) is 46.2 Å². The SMILES string of the molecule is C[C@@H](CC(=O)c1ccc(/C(F)=C/C(c2ccc(Br)c(Cl)c2)C(F)(F)F)cc1C(F)(F)F)C(=O)NCC(F)(F)F. The molecular weight excluding hydrogens is 640 g/mol. The van der Waals surface area contributed by atoms with Gasteiger partial charge in [-0.2, -0.15) is 39.5 Å². The predicted molar refractivity (Wildman–Crippen MR) is 126 cm³/mol. The highest BCUT2D eigenvalue weighted by Gasteiger charge is 2.41. The fourth-order valence-electron chi connectivity index (χ4n) is 3.34. The Hall–Kier alpha value is -2.61. The summed E-state index contributed by atoms with van der Waals surface area (Å²) in [6.45, 7) is -0.705. The van der Waals surface area contributed by atoms with Gasteiger partial charge >= 0.3 is 18.5 Å². The van der Waals surface area contributed by atoms with Gasteiger partial charge in [-0.25, -0.2) is 4.39 Å². The maximum absolute atomic E-state index is 14.9. The van der Waals surface area contributed by atoms with Crippen LogP contribution in [0.5, 0.6) is 0 Å². The Bertz CT molecular complexity index is 1250. The van der Waals surface area contributed by atoms with Crippen molar-refractivity contribution < 1.29 is 53.5 Å². The van der Waals surface area contributed by atoms with Gasteiger partial charge in [-0.05, 0) is 45.8 Å². The molecule has 0 fully saturated rings. The van der Waals surface area contributed by atoms with E-state index < -0.39 is 83.1 Å². The highest BCUT2D eigenvalue weighted by atomic mass is 79.9. The summed E-state index contributed by atoms with van der Waals surface area (Å²) < 4.78 is 134. The van der Waals surface area contributed by atoms with Gasteiger partial charge in [0, 0.05) is 27.9 Å². The Balaban J connectivity index is 2.42. The Morgan fingerprint density at radius 3 is 2.13 bits per heavy atom. The van der Waals surface area contributed by atoms with E-state index >= 15 is 0 Å². The molecule has 0 aliphatic carbocycles. The molecule has 15 heteroatoms. The number of nitrogens with one attached hydrogen (secondary N) is 1. The molecule has 3 nitrogen and oxygen atoms in total. The van der Waals surface area contributed by atoms with Crippen LogP contribution in [-0.2, 0) is 11.0 Å². The van der Waals surface area contributed by atoms with Crippen LogP contribution in [0.15, 0.2) is 46.9 Å². The van der Waals surface area contributed by atoms with Gasteiger partial charge < -0.3 is 5.32 Å². The number of benzene rings is 2. The number of hydrogen-bond donors (Lipinski definition) is 1. The normalized spacial score (nSPS) is 14.6. The van der Waals surface area contributed by atoms with Crippen molar-refractivity contribution in [3.8, 4) is 0 Å². The fraction of sp³-hybridized carbons (Fsp3) is 0.333. The monoisotopic (exact) mass is 655 g/mol. The van der Waals surface area contributed by atoms with E-state index in [1.165, 1.54) is 11.4 Å². The van der Waals surface area contributed by atoms with Crippen LogP contribution in [-0.4, -0.2) is 30.6 Å². The van der Waals surface area contributed by atoms with Crippen LogP contribution in [0, 0.1) is 5.92 Å². The van der Waals surface area contributed by atoms with Crippen molar-refractivity contribution in [1.82, 2.24) is 5.32 Å². The third kappa shape index (κ3) is 9.23. The molecule has 0 aliphatic heterocycles. The van der Waals surface area contributed by atoms with E-state index in [-0.39, 0.29) is 21.6 Å². The zero-order valence-corrected chi connectivity index (χ0v) is 21.8. The number of hydrogen-bond acceptors (Lipinski definition) is 2. The van der Waals surface area contributed by atoms with Gasteiger partial charge in [0.15, 0.2) is 5.78 Å². The molecule has 0 aromatic heterocycles. The summed E-state index contributed by atoms with van der Waals surface area (Å²) in [4.78, 5) is 24.3. The first kappa shape index (κ1) is 32.6. The average Bonchev–Trinajstić information content (AvgIpc) is 2.80. The number of rotatable bonds is 8. The molecule has 0 heterocycles. The largest absolute Gasteiger partial charge is 0.417 e. The molecule has 1 unspecified atom stereocenters. The van der Waals surface area contributed by atoms with E-state index in [0.29, 0.717) is 12.1 Å². The number of ketones is 1. The predicted octanol–water partition coefficient (Wildman–Crippen LogP) is 8.67. The van der Waals surface area contributed by atoms with E-state index in [2.05, 4.69) is 15.9 Å². The van der Waals surface area contributed by atoms with Gasteiger partial charge in [-0.3, -0.25) is 9.59 Å². The third-order valence-corrected chi connectivity index (χ3v) is 6.50. The molecule has 1 N–H and O–H groups in total. The zero-order valence-electron chi connectivity index (χ0n) is 19.5. The second-order valence-electron chi connectivity index (χ2n) is 8.33. The van der Waals surface area contributed by atoms with Gasteiger partial charge in [0.05, 0.1) is 10.6 Å². The molecule has 0 radical (unpaired) electrons. The van der Waals surface area contributed by atoms with Crippen LogP contribution >= 0.6 is 27.5 Å². The van der Waals surface area contributed by atoms with Crippen LogP contribution in [0.1, 0.15) is 46.3 Å². The number of halogens is 12. The van der Waals surface area contributed by atoms with Crippen LogP contribution in [0.4, 0.5) is 43.9 Å². The molecule has 0 aliphatic rings. The number of carbonyl (C=O) groups excluding carboxylic acids is 2. The lowest BCUT2D eigenvalue weighted by atomic mass is 9.92. The van der Waals surface area contributed by atoms with Crippen molar-refractivity contribution in [2.24, 2.45) is 5.92 Å². The van der Waals surface area contributed by atoms with Gasteiger partial charge in [-0.15, -0.1) is 0 Å². The lowest BCUT2D eigenvalue weighted by Gasteiger charge is -2.19. The smallest absolute Gasteiger partial charge is 0.347 e. The summed E-state index contributed by atoms with van der Waals surface area (Å²) in [5.74, 6) is -8.27. The summed E-state index contributed by atoms with van der Waals surface area (Å²) in [5.41, 5.74) is -4.16. The minimum atomic E-state index is -5.27. The summed E-state index contributed by atoms with van der Waals surface area (Å²) in [6, 6.07) is 4.37. The van der Waals surface area contributed by atoms with E-state index in [9.17, 15) is 53.5 Å². The standard InChI is InChI=1S/C24H17BrClF10NO2/c1-11(21(39)37-10-22(28,29)30)6-20(38)14-4-2-13(7-16(14)24(34,35)36)19(27)9-15(23(31,32)33)12-3-5-17(25)18(26)8-12/h2-5,7-9,11,15H,6,10H2,1H3,(H,37,39)/b19-9-/t11-,15?/m0/s1. The second kappa shape index (κ2) is 12.3. The molecule has 0 saturated heterocycles. The van der Waals surface area contributed by atoms with Crippen LogP contribution in [0.25, 0.3) is 5.83 Å². The molecule has 0 bridgehead atoms. The van der Waals surface area contributed by atoms with Crippen molar-refractivity contribution in [2.75, 3.05) is 6.54 Å². The van der Waals surface area contributed by atoms with Gasteiger partial charge in [0.1, 0.15) is 18.3 Å². The molecule has 39 heavy (non-hydrogen) atoms. The quantitative estimate of drug-likeness (QED) is 0.228. The van der Waals surface area contributed by atoms with Gasteiger partial charge in [0.2, 0.25) is 5.91 Å². The number of allylic oxidation sites excluding steroid dienone is 1. The lowest BCUT2D eigenvalue weighted by molar-refractivity contribution is -0.140. The van der Waals surface area contributed by atoms with Crippen molar-refractivity contribution >= 4 is 45.0 Å². The van der Waals surface area contributed by atoms with Crippen molar-refractivity contribution in [1.29, 1.82) is 0 Å².